The second kappa shape index (κ2) is 9.40. The summed E-state index contributed by atoms with van der Waals surface area (Å²) in [5, 5.41) is 0. The topological polar surface area (TPSA) is 64.3 Å². The van der Waals surface area contributed by atoms with Gasteiger partial charge in [0.1, 0.15) is 10.1 Å². The van der Waals surface area contributed by atoms with Gasteiger partial charge in [-0.15, -0.1) is 0 Å². The summed E-state index contributed by atoms with van der Waals surface area (Å²) in [6.07, 6.45) is 13.5. The fourth-order valence-electron chi connectivity index (χ4n) is 6.85. The molecule has 0 atom stereocenters. The van der Waals surface area contributed by atoms with E-state index >= 15 is 0 Å². The average molecular weight is 491 g/mol. The summed E-state index contributed by atoms with van der Waals surface area (Å²) in [4.78, 5) is 2.09. The Balaban J connectivity index is 0.000000195. The molecule has 4 fully saturated rings. The lowest BCUT2D eigenvalue weighted by Gasteiger charge is -2.53. The molecule has 4 bridgehead atoms. The molecule has 4 saturated carbocycles. The quantitative estimate of drug-likeness (QED) is 0.354. The maximum atomic E-state index is 10.4. The van der Waals surface area contributed by atoms with Crippen LogP contribution in [-0.4, -0.2) is 20.0 Å². The summed E-state index contributed by atoms with van der Waals surface area (Å²) in [5.41, 5.74) is 3.86. The van der Waals surface area contributed by atoms with Crippen LogP contribution in [0.25, 0.3) is 0 Å². The standard InChI is InChI=1S/C22H27N2.C7H8O3S/c1-23(20-5-3-2-4-6-20)21-7-9-24(10-8-21)22-14-17-11-18(15-22)13-19(12-17)16-22;1-6-2-4-7(5-3-6)11(8,9)10/h2-10,17-19H,11-16H2,1H3;2-5H,1H3,(H,8,9,10)/q+1;/p-1. The Morgan fingerprint density at radius 1 is 0.800 bits per heavy atom. The van der Waals surface area contributed by atoms with Gasteiger partial charge in [-0.05, 0) is 68.2 Å². The summed E-state index contributed by atoms with van der Waals surface area (Å²) < 4.78 is 33.7. The van der Waals surface area contributed by atoms with Crippen molar-refractivity contribution in [2.45, 2.75) is 55.9 Å². The van der Waals surface area contributed by atoms with E-state index in [0.29, 0.717) is 5.54 Å². The Hall–Kier alpha value is -2.70. The van der Waals surface area contributed by atoms with Crippen LogP contribution in [0.5, 0.6) is 0 Å². The summed E-state index contributed by atoms with van der Waals surface area (Å²) in [7, 11) is -2.12. The normalized spacial score (nSPS) is 26.7. The van der Waals surface area contributed by atoms with Gasteiger partial charge in [0.05, 0.1) is 10.6 Å². The Morgan fingerprint density at radius 2 is 1.29 bits per heavy atom. The Morgan fingerprint density at radius 3 is 1.77 bits per heavy atom. The first-order valence-corrected chi connectivity index (χ1v) is 14.0. The van der Waals surface area contributed by atoms with Crippen molar-refractivity contribution in [3.63, 3.8) is 0 Å². The molecular formula is C29H34N2O3S. The molecule has 0 unspecified atom stereocenters. The van der Waals surface area contributed by atoms with Crippen LogP contribution in [0, 0.1) is 24.7 Å². The van der Waals surface area contributed by atoms with Crippen molar-refractivity contribution in [1.29, 1.82) is 0 Å². The van der Waals surface area contributed by atoms with Gasteiger partial charge in [-0.2, -0.15) is 4.57 Å². The smallest absolute Gasteiger partial charge is 0.171 e. The minimum Gasteiger partial charge on any atom is -0.744 e. The van der Waals surface area contributed by atoms with Crippen LogP contribution in [0.1, 0.15) is 44.1 Å². The van der Waals surface area contributed by atoms with Crippen molar-refractivity contribution in [3.05, 3.63) is 84.7 Å². The lowest BCUT2D eigenvalue weighted by atomic mass is 9.53. The lowest BCUT2D eigenvalue weighted by molar-refractivity contribution is -0.776. The zero-order valence-electron chi connectivity index (χ0n) is 20.5. The first-order valence-electron chi connectivity index (χ1n) is 12.5. The Kier molecular flexibility index (Phi) is 6.45. The van der Waals surface area contributed by atoms with Crippen LogP contribution in [0.4, 0.5) is 11.4 Å². The van der Waals surface area contributed by atoms with Crippen molar-refractivity contribution >= 4 is 21.5 Å². The Labute approximate surface area is 209 Å². The van der Waals surface area contributed by atoms with Crippen molar-refractivity contribution in [1.82, 2.24) is 0 Å². The van der Waals surface area contributed by atoms with Crippen molar-refractivity contribution in [2.24, 2.45) is 17.8 Å². The van der Waals surface area contributed by atoms with Gasteiger partial charge in [-0.25, -0.2) is 8.42 Å². The van der Waals surface area contributed by atoms with E-state index in [2.05, 4.69) is 71.4 Å². The molecule has 7 rings (SSSR count). The highest BCUT2D eigenvalue weighted by molar-refractivity contribution is 7.85. The van der Waals surface area contributed by atoms with Crippen molar-refractivity contribution in [3.8, 4) is 0 Å². The highest BCUT2D eigenvalue weighted by Crippen LogP contribution is 2.56. The summed E-state index contributed by atoms with van der Waals surface area (Å²) >= 11 is 0. The van der Waals surface area contributed by atoms with Gasteiger partial charge in [-0.3, -0.25) is 0 Å². The minimum absolute atomic E-state index is 0.178. The third kappa shape index (κ3) is 5.14. The van der Waals surface area contributed by atoms with Gasteiger partial charge in [0.15, 0.2) is 17.9 Å². The van der Waals surface area contributed by atoms with E-state index in [-0.39, 0.29) is 4.90 Å². The summed E-state index contributed by atoms with van der Waals surface area (Å²) in [6, 6.07) is 21.0. The molecule has 0 N–H and O–H groups in total. The van der Waals surface area contributed by atoms with Gasteiger partial charge < -0.3 is 9.45 Å². The molecule has 5 nitrogen and oxygen atoms in total. The third-order valence-electron chi connectivity index (χ3n) is 8.21. The number of hydrogen-bond donors (Lipinski definition) is 0. The molecule has 6 heteroatoms. The van der Waals surface area contributed by atoms with Crippen LogP contribution < -0.4 is 9.47 Å². The van der Waals surface area contributed by atoms with E-state index in [0.717, 1.165) is 23.3 Å². The van der Waals surface area contributed by atoms with Gasteiger partial charge in [0, 0.05) is 44.1 Å². The lowest BCUT2D eigenvalue weighted by Crippen LogP contribution is -2.64. The SMILES string of the molecule is CN(c1ccccc1)c1cc[n+](C23CC4CC(CC(C4)C2)C3)cc1.Cc1ccc(S(=O)(=O)[O-])cc1. The molecule has 0 radical (unpaired) electrons. The van der Waals surface area contributed by atoms with Crippen LogP contribution in [0.2, 0.25) is 0 Å². The van der Waals surface area contributed by atoms with Gasteiger partial charge in [0.2, 0.25) is 0 Å². The number of nitrogens with zero attached hydrogens (tertiary/aromatic N) is 2. The molecule has 4 aliphatic carbocycles. The molecule has 0 amide bonds. The first-order chi connectivity index (χ1) is 16.7. The van der Waals surface area contributed by atoms with E-state index in [1.807, 2.05) is 6.92 Å². The van der Waals surface area contributed by atoms with E-state index < -0.39 is 10.1 Å². The van der Waals surface area contributed by atoms with E-state index in [9.17, 15) is 13.0 Å². The zero-order chi connectivity index (χ0) is 24.6. The van der Waals surface area contributed by atoms with Crippen LogP contribution >= 0.6 is 0 Å². The number of pyridine rings is 1. The molecular weight excluding hydrogens is 456 g/mol. The number of anilines is 2. The fraction of sp³-hybridized carbons (Fsp3) is 0.414. The highest BCUT2D eigenvalue weighted by atomic mass is 32.2. The average Bonchev–Trinajstić information content (AvgIpc) is 2.84. The summed E-state index contributed by atoms with van der Waals surface area (Å²) in [6.45, 7) is 1.82. The first kappa shape index (κ1) is 24.0. The fourth-order valence-corrected chi connectivity index (χ4v) is 7.31. The molecule has 184 valence electrons. The minimum atomic E-state index is -4.27. The number of aromatic nitrogens is 1. The zero-order valence-corrected chi connectivity index (χ0v) is 21.3. The Bertz CT molecular complexity index is 1220. The molecule has 4 aliphatic rings. The van der Waals surface area contributed by atoms with Crippen molar-refractivity contribution in [2.75, 3.05) is 11.9 Å². The number of hydrogen-bond acceptors (Lipinski definition) is 4. The number of aryl methyl sites for hydroxylation is 1. The predicted molar refractivity (Wildman–Crippen MR) is 136 cm³/mol. The number of para-hydroxylation sites is 1. The maximum absolute atomic E-state index is 10.4. The molecule has 0 spiro atoms. The molecule has 1 aromatic heterocycles. The maximum Gasteiger partial charge on any atom is 0.171 e. The van der Waals surface area contributed by atoms with Gasteiger partial charge in [-0.1, -0.05) is 35.9 Å². The highest BCUT2D eigenvalue weighted by Gasteiger charge is 2.56. The molecule has 2 aromatic carbocycles. The molecule has 0 aliphatic heterocycles. The summed E-state index contributed by atoms with van der Waals surface area (Å²) in [5.74, 6) is 2.99. The number of rotatable bonds is 4. The molecule has 0 saturated heterocycles. The second-order valence-electron chi connectivity index (χ2n) is 10.8. The van der Waals surface area contributed by atoms with Gasteiger partial charge in [0.25, 0.3) is 0 Å². The van der Waals surface area contributed by atoms with Crippen molar-refractivity contribution < 1.29 is 17.5 Å². The van der Waals surface area contributed by atoms with E-state index in [4.69, 9.17) is 0 Å². The van der Waals surface area contributed by atoms with Gasteiger partial charge >= 0.3 is 0 Å². The molecule has 35 heavy (non-hydrogen) atoms. The van der Waals surface area contributed by atoms with E-state index in [1.54, 1.807) is 12.1 Å². The number of benzene rings is 2. The van der Waals surface area contributed by atoms with Crippen LogP contribution in [0.3, 0.4) is 0 Å². The second-order valence-corrected chi connectivity index (χ2v) is 12.1. The predicted octanol–water partition coefficient (Wildman–Crippen LogP) is 5.57. The largest absolute Gasteiger partial charge is 0.744 e. The van der Waals surface area contributed by atoms with Crippen LogP contribution in [0.15, 0.2) is 84.0 Å². The molecule has 3 aromatic rings. The molecule has 1 heterocycles. The monoisotopic (exact) mass is 490 g/mol. The third-order valence-corrected chi connectivity index (χ3v) is 9.06. The van der Waals surface area contributed by atoms with Crippen LogP contribution in [-0.2, 0) is 15.7 Å². The van der Waals surface area contributed by atoms with E-state index in [1.165, 1.54) is 62.0 Å².